The fourth-order valence-corrected chi connectivity index (χ4v) is 4.94. The number of methoxy groups -OCH3 is 1. The zero-order chi connectivity index (χ0) is 23.6. The minimum absolute atomic E-state index is 0.0416. The zero-order valence-corrected chi connectivity index (χ0v) is 20.5. The Hall–Kier alpha value is -2.74. The quantitative estimate of drug-likeness (QED) is 0.512. The van der Waals surface area contributed by atoms with E-state index in [0.717, 1.165) is 53.7 Å². The van der Waals surface area contributed by atoms with E-state index in [1.807, 2.05) is 28.9 Å². The average molecular weight is 453 g/mol. The molecule has 0 unspecified atom stereocenters. The van der Waals surface area contributed by atoms with E-state index in [2.05, 4.69) is 53.1 Å². The standard InChI is InChI=1S/C25H36N6O2/c1-6-22(23-27-28-29-31(23)25(3,4)7-2)30(19-10-8-9-11-19)16-18-14-17-12-13-20(33-5)15-21(17)26-24(18)32/h12-15,19,22H,6-11,16H2,1-5H3,(H,26,32)/t22-/m1/s1. The van der Waals surface area contributed by atoms with Crippen molar-refractivity contribution in [1.29, 1.82) is 0 Å². The molecule has 1 aromatic carbocycles. The van der Waals surface area contributed by atoms with Gasteiger partial charge in [-0.2, -0.15) is 0 Å². The van der Waals surface area contributed by atoms with Crippen molar-refractivity contribution in [3.05, 3.63) is 46.0 Å². The molecule has 178 valence electrons. The Morgan fingerprint density at radius 3 is 2.67 bits per heavy atom. The van der Waals surface area contributed by atoms with Crippen molar-refractivity contribution in [3.63, 3.8) is 0 Å². The van der Waals surface area contributed by atoms with Gasteiger partial charge in [-0.25, -0.2) is 4.68 Å². The van der Waals surface area contributed by atoms with Crippen LogP contribution in [-0.4, -0.2) is 43.2 Å². The molecule has 0 saturated heterocycles. The van der Waals surface area contributed by atoms with Crippen molar-refractivity contribution in [2.24, 2.45) is 0 Å². The summed E-state index contributed by atoms with van der Waals surface area (Å²) in [6, 6.07) is 8.26. The van der Waals surface area contributed by atoms with Crippen LogP contribution >= 0.6 is 0 Å². The SMILES string of the molecule is CC[C@H](c1nnnn1C(C)(C)CC)N(Cc1cc2ccc(OC)cc2[nH]c1=O)C1CCCC1. The monoisotopic (exact) mass is 452 g/mol. The number of ether oxygens (including phenoxy) is 1. The van der Waals surface area contributed by atoms with Crippen molar-refractivity contribution in [1.82, 2.24) is 30.1 Å². The topological polar surface area (TPSA) is 88.9 Å². The predicted octanol–water partition coefficient (Wildman–Crippen LogP) is 4.56. The lowest BCUT2D eigenvalue weighted by atomic mass is 10.00. The van der Waals surface area contributed by atoms with Crippen LogP contribution in [0, 0.1) is 0 Å². The molecule has 0 spiro atoms. The molecule has 2 aromatic heterocycles. The molecule has 0 aliphatic heterocycles. The van der Waals surface area contributed by atoms with E-state index in [1.54, 1.807) is 7.11 Å². The predicted molar refractivity (Wildman–Crippen MR) is 129 cm³/mol. The molecule has 1 aliphatic carbocycles. The third-order valence-corrected chi connectivity index (χ3v) is 7.29. The summed E-state index contributed by atoms with van der Waals surface area (Å²) in [6.07, 6.45) is 6.52. The molecule has 1 atom stereocenters. The molecule has 1 N–H and O–H groups in total. The van der Waals surface area contributed by atoms with Crippen LogP contribution in [0.4, 0.5) is 0 Å². The van der Waals surface area contributed by atoms with Crippen LogP contribution in [-0.2, 0) is 12.1 Å². The molecule has 1 aliphatic rings. The molecule has 33 heavy (non-hydrogen) atoms. The van der Waals surface area contributed by atoms with Gasteiger partial charge in [0.05, 0.1) is 24.2 Å². The first-order valence-corrected chi connectivity index (χ1v) is 12.1. The molecule has 8 heteroatoms. The highest BCUT2D eigenvalue weighted by molar-refractivity contribution is 5.80. The highest BCUT2D eigenvalue weighted by Crippen LogP contribution is 2.35. The van der Waals surface area contributed by atoms with E-state index in [9.17, 15) is 4.79 Å². The van der Waals surface area contributed by atoms with Crippen LogP contribution in [0.15, 0.2) is 29.1 Å². The van der Waals surface area contributed by atoms with Gasteiger partial charge in [-0.15, -0.1) is 5.10 Å². The summed E-state index contributed by atoms with van der Waals surface area (Å²) in [7, 11) is 1.63. The summed E-state index contributed by atoms with van der Waals surface area (Å²) in [4.78, 5) is 18.6. The smallest absolute Gasteiger partial charge is 0.252 e. The first-order chi connectivity index (χ1) is 15.9. The number of hydrogen-bond acceptors (Lipinski definition) is 6. The molecule has 3 aromatic rings. The van der Waals surface area contributed by atoms with Crippen molar-refractivity contribution >= 4 is 10.9 Å². The normalized spacial score (nSPS) is 16.1. The van der Waals surface area contributed by atoms with E-state index in [4.69, 9.17) is 4.74 Å². The lowest BCUT2D eigenvalue weighted by Crippen LogP contribution is -2.40. The lowest BCUT2D eigenvalue weighted by molar-refractivity contribution is 0.106. The van der Waals surface area contributed by atoms with Gasteiger partial charge in [-0.1, -0.05) is 26.7 Å². The summed E-state index contributed by atoms with van der Waals surface area (Å²) >= 11 is 0. The van der Waals surface area contributed by atoms with E-state index < -0.39 is 0 Å². The van der Waals surface area contributed by atoms with Crippen molar-refractivity contribution in [3.8, 4) is 5.75 Å². The molecular weight excluding hydrogens is 416 g/mol. The van der Waals surface area contributed by atoms with Gasteiger partial charge in [0.1, 0.15) is 5.75 Å². The number of benzene rings is 1. The summed E-state index contributed by atoms with van der Waals surface area (Å²) < 4.78 is 7.29. The number of tetrazole rings is 1. The van der Waals surface area contributed by atoms with Gasteiger partial charge in [-0.05, 0) is 73.5 Å². The highest BCUT2D eigenvalue weighted by atomic mass is 16.5. The van der Waals surface area contributed by atoms with Gasteiger partial charge >= 0.3 is 0 Å². The van der Waals surface area contributed by atoms with Crippen LogP contribution in [0.3, 0.4) is 0 Å². The summed E-state index contributed by atoms with van der Waals surface area (Å²) in [6.45, 7) is 9.25. The number of pyridine rings is 1. The van der Waals surface area contributed by atoms with E-state index in [0.29, 0.717) is 12.6 Å². The van der Waals surface area contributed by atoms with Gasteiger partial charge in [0, 0.05) is 24.2 Å². The Bertz CT molecular complexity index is 1150. The Morgan fingerprint density at radius 1 is 1.24 bits per heavy atom. The molecule has 0 amide bonds. The average Bonchev–Trinajstić information content (AvgIpc) is 3.52. The maximum atomic E-state index is 13.1. The van der Waals surface area contributed by atoms with Crippen LogP contribution in [0.1, 0.15) is 83.6 Å². The zero-order valence-electron chi connectivity index (χ0n) is 20.5. The number of aromatic amines is 1. The minimum atomic E-state index is -0.174. The summed E-state index contributed by atoms with van der Waals surface area (Å²) in [5.41, 5.74) is 1.33. The third-order valence-electron chi connectivity index (χ3n) is 7.29. The fraction of sp³-hybridized carbons (Fsp3) is 0.600. The number of rotatable bonds is 9. The van der Waals surface area contributed by atoms with Gasteiger partial charge < -0.3 is 9.72 Å². The van der Waals surface area contributed by atoms with Crippen LogP contribution in [0.2, 0.25) is 0 Å². The van der Waals surface area contributed by atoms with Crippen molar-refractivity contribution in [2.75, 3.05) is 7.11 Å². The second-order valence-corrected chi connectivity index (χ2v) is 9.73. The number of hydrogen-bond donors (Lipinski definition) is 1. The second-order valence-electron chi connectivity index (χ2n) is 9.73. The maximum absolute atomic E-state index is 13.1. The van der Waals surface area contributed by atoms with E-state index >= 15 is 0 Å². The summed E-state index contributed by atoms with van der Waals surface area (Å²) in [5.74, 6) is 1.62. The molecule has 0 bridgehead atoms. The van der Waals surface area contributed by atoms with Gasteiger partial charge in [0.25, 0.3) is 5.56 Å². The van der Waals surface area contributed by atoms with E-state index in [1.165, 1.54) is 12.8 Å². The first-order valence-electron chi connectivity index (χ1n) is 12.1. The number of aromatic nitrogens is 5. The molecular formula is C25H36N6O2. The third kappa shape index (κ3) is 4.67. The fourth-order valence-electron chi connectivity index (χ4n) is 4.94. The van der Waals surface area contributed by atoms with Gasteiger partial charge in [-0.3, -0.25) is 9.69 Å². The Labute approximate surface area is 195 Å². The number of nitrogens with zero attached hydrogens (tertiary/aromatic N) is 5. The Balaban J connectivity index is 1.74. The number of nitrogens with one attached hydrogen (secondary N) is 1. The molecule has 8 nitrogen and oxygen atoms in total. The highest BCUT2D eigenvalue weighted by Gasteiger charge is 2.35. The van der Waals surface area contributed by atoms with Crippen molar-refractivity contribution < 1.29 is 4.74 Å². The van der Waals surface area contributed by atoms with Gasteiger partial charge in [0.15, 0.2) is 5.82 Å². The van der Waals surface area contributed by atoms with Crippen molar-refractivity contribution in [2.45, 2.75) is 90.4 Å². The molecule has 0 radical (unpaired) electrons. The maximum Gasteiger partial charge on any atom is 0.252 e. The first kappa shape index (κ1) is 23.4. The number of fused-ring (bicyclic) bond motifs is 1. The molecule has 4 rings (SSSR count). The van der Waals surface area contributed by atoms with Crippen LogP contribution in [0.5, 0.6) is 5.75 Å². The minimum Gasteiger partial charge on any atom is -0.497 e. The Kier molecular flexibility index (Phi) is 6.83. The Morgan fingerprint density at radius 2 is 2.00 bits per heavy atom. The molecule has 2 heterocycles. The van der Waals surface area contributed by atoms with E-state index in [-0.39, 0.29) is 17.1 Å². The van der Waals surface area contributed by atoms with Gasteiger partial charge in [0.2, 0.25) is 0 Å². The number of H-pyrrole nitrogens is 1. The second kappa shape index (κ2) is 9.63. The lowest BCUT2D eigenvalue weighted by Gasteiger charge is -2.36. The van der Waals surface area contributed by atoms with Crippen LogP contribution in [0.25, 0.3) is 10.9 Å². The summed E-state index contributed by atoms with van der Waals surface area (Å²) in [5, 5.41) is 13.9. The van der Waals surface area contributed by atoms with Crippen LogP contribution < -0.4 is 10.3 Å². The largest absolute Gasteiger partial charge is 0.497 e. The molecule has 1 fully saturated rings. The molecule has 1 saturated carbocycles.